The molecule has 0 radical (unpaired) electrons. The van der Waals surface area contributed by atoms with E-state index in [1.807, 2.05) is 43.3 Å². The quantitative estimate of drug-likeness (QED) is 0.453. The molecule has 138 valence electrons. The maximum atomic E-state index is 12.2. The Hall–Kier alpha value is -2.86. The number of benzene rings is 3. The molecule has 6 heteroatoms. The lowest BCUT2D eigenvalue weighted by Crippen LogP contribution is -2.19. The van der Waals surface area contributed by atoms with Crippen molar-refractivity contribution in [1.29, 1.82) is 0 Å². The molecule has 0 saturated carbocycles. The largest absolute Gasteiger partial charge is 0.507 e. The minimum absolute atomic E-state index is 0.0397. The van der Waals surface area contributed by atoms with Crippen LogP contribution in [0.1, 0.15) is 18.1 Å². The van der Waals surface area contributed by atoms with Crippen LogP contribution >= 0.6 is 15.9 Å². The van der Waals surface area contributed by atoms with Crippen LogP contribution in [-0.2, 0) is 11.2 Å². The predicted molar refractivity (Wildman–Crippen MR) is 110 cm³/mol. The molecule has 0 fully saturated rings. The van der Waals surface area contributed by atoms with Crippen molar-refractivity contribution in [2.24, 2.45) is 5.10 Å². The molecule has 0 heterocycles. The van der Waals surface area contributed by atoms with Crippen LogP contribution in [0.4, 0.5) is 0 Å². The van der Waals surface area contributed by atoms with Crippen molar-refractivity contribution in [3.63, 3.8) is 0 Å². The van der Waals surface area contributed by atoms with Gasteiger partial charge in [0.2, 0.25) is 5.91 Å². The molecule has 0 aliphatic rings. The van der Waals surface area contributed by atoms with Crippen molar-refractivity contribution >= 4 is 38.8 Å². The van der Waals surface area contributed by atoms with E-state index in [0.29, 0.717) is 17.9 Å². The monoisotopic (exact) mass is 426 g/mol. The summed E-state index contributed by atoms with van der Waals surface area (Å²) in [6, 6.07) is 16.7. The number of phenolic OH excluding ortho intramolecular Hbond substituents is 1. The van der Waals surface area contributed by atoms with E-state index in [1.165, 1.54) is 12.3 Å². The zero-order valence-electron chi connectivity index (χ0n) is 14.8. The number of ether oxygens (including phenoxy) is 1. The first kappa shape index (κ1) is 18.9. The van der Waals surface area contributed by atoms with E-state index in [9.17, 15) is 9.90 Å². The number of fused-ring (bicyclic) bond motifs is 1. The third-order valence-corrected chi connectivity index (χ3v) is 4.71. The molecular weight excluding hydrogens is 408 g/mol. The second-order valence-electron chi connectivity index (χ2n) is 5.88. The van der Waals surface area contributed by atoms with Crippen molar-refractivity contribution in [2.45, 2.75) is 13.3 Å². The van der Waals surface area contributed by atoms with Crippen LogP contribution in [0.3, 0.4) is 0 Å². The van der Waals surface area contributed by atoms with E-state index < -0.39 is 0 Å². The van der Waals surface area contributed by atoms with Crippen LogP contribution in [0.5, 0.6) is 11.5 Å². The number of carbonyl (C=O) groups is 1. The van der Waals surface area contributed by atoms with E-state index in [4.69, 9.17) is 4.74 Å². The summed E-state index contributed by atoms with van der Waals surface area (Å²) in [7, 11) is 0. The van der Waals surface area contributed by atoms with Gasteiger partial charge in [0.1, 0.15) is 11.5 Å². The molecule has 0 saturated heterocycles. The van der Waals surface area contributed by atoms with Crippen LogP contribution in [0.2, 0.25) is 0 Å². The van der Waals surface area contributed by atoms with Crippen molar-refractivity contribution in [1.82, 2.24) is 5.43 Å². The zero-order valence-corrected chi connectivity index (χ0v) is 16.4. The van der Waals surface area contributed by atoms with E-state index in [2.05, 4.69) is 26.5 Å². The standard InChI is InChI=1S/C21H19BrN2O3/c1-2-27-16-9-7-15(20(25)12-16)13-23-24-21(26)11-14-8-10-19(22)18-6-4-3-5-17(14)18/h3-10,12-13,25H,2,11H2,1H3,(H,24,26)/b23-13+. The van der Waals surface area contributed by atoms with Crippen molar-refractivity contribution in [2.75, 3.05) is 6.61 Å². The highest BCUT2D eigenvalue weighted by molar-refractivity contribution is 9.10. The van der Waals surface area contributed by atoms with Gasteiger partial charge in [0.05, 0.1) is 19.2 Å². The molecule has 3 aromatic carbocycles. The van der Waals surface area contributed by atoms with Gasteiger partial charge >= 0.3 is 0 Å². The number of hydrogen-bond acceptors (Lipinski definition) is 4. The first-order chi connectivity index (χ1) is 13.1. The lowest BCUT2D eigenvalue weighted by atomic mass is 10.0. The van der Waals surface area contributed by atoms with Gasteiger partial charge in [-0.25, -0.2) is 5.43 Å². The van der Waals surface area contributed by atoms with E-state index in [-0.39, 0.29) is 18.1 Å². The number of halogens is 1. The fraction of sp³-hybridized carbons (Fsp3) is 0.143. The number of nitrogens with zero attached hydrogens (tertiary/aromatic N) is 1. The Morgan fingerprint density at radius 3 is 2.70 bits per heavy atom. The Morgan fingerprint density at radius 2 is 1.96 bits per heavy atom. The summed E-state index contributed by atoms with van der Waals surface area (Å²) in [4.78, 5) is 12.2. The summed E-state index contributed by atoms with van der Waals surface area (Å²) >= 11 is 3.53. The Morgan fingerprint density at radius 1 is 1.19 bits per heavy atom. The number of hydrazone groups is 1. The second kappa shape index (κ2) is 8.68. The van der Waals surface area contributed by atoms with E-state index >= 15 is 0 Å². The molecule has 27 heavy (non-hydrogen) atoms. The minimum atomic E-state index is -0.232. The Labute approximate surface area is 165 Å². The SMILES string of the molecule is CCOc1ccc(/C=N/NC(=O)Cc2ccc(Br)c3ccccc23)c(O)c1. The van der Waals surface area contributed by atoms with Crippen LogP contribution in [0.25, 0.3) is 10.8 Å². The van der Waals surface area contributed by atoms with Crippen molar-refractivity contribution in [3.05, 3.63) is 70.2 Å². The van der Waals surface area contributed by atoms with E-state index in [0.717, 1.165) is 20.8 Å². The fourth-order valence-corrected chi connectivity index (χ4v) is 3.23. The van der Waals surface area contributed by atoms with Gasteiger partial charge in [-0.1, -0.05) is 46.3 Å². The summed E-state index contributed by atoms with van der Waals surface area (Å²) in [5, 5.41) is 16.0. The average Bonchev–Trinajstić information content (AvgIpc) is 2.66. The third-order valence-electron chi connectivity index (χ3n) is 4.02. The van der Waals surface area contributed by atoms with Crippen LogP contribution in [0.15, 0.2) is 64.2 Å². The summed E-state index contributed by atoms with van der Waals surface area (Å²) in [6.45, 7) is 2.39. The number of aromatic hydroxyl groups is 1. The van der Waals surface area contributed by atoms with Gasteiger partial charge in [-0.05, 0) is 41.5 Å². The minimum Gasteiger partial charge on any atom is -0.507 e. The highest BCUT2D eigenvalue weighted by atomic mass is 79.9. The summed E-state index contributed by atoms with van der Waals surface area (Å²) < 4.78 is 6.31. The van der Waals surface area contributed by atoms with Gasteiger partial charge in [-0.3, -0.25) is 4.79 Å². The highest BCUT2D eigenvalue weighted by Crippen LogP contribution is 2.27. The second-order valence-corrected chi connectivity index (χ2v) is 6.73. The van der Waals surface area contributed by atoms with Crippen LogP contribution in [0, 0.1) is 0 Å². The first-order valence-corrected chi connectivity index (χ1v) is 9.31. The topological polar surface area (TPSA) is 70.9 Å². The van der Waals surface area contributed by atoms with Gasteiger partial charge < -0.3 is 9.84 Å². The molecule has 0 bridgehead atoms. The van der Waals surface area contributed by atoms with Crippen molar-refractivity contribution < 1.29 is 14.6 Å². The first-order valence-electron chi connectivity index (χ1n) is 8.52. The van der Waals surface area contributed by atoms with E-state index in [1.54, 1.807) is 12.1 Å². The number of carbonyl (C=O) groups excluding carboxylic acids is 1. The number of amides is 1. The molecule has 0 spiro atoms. The molecule has 0 aliphatic carbocycles. The molecule has 0 aliphatic heterocycles. The number of nitrogens with one attached hydrogen (secondary N) is 1. The Bertz CT molecular complexity index is 1000. The van der Waals surface area contributed by atoms with Gasteiger partial charge in [-0.2, -0.15) is 5.10 Å². The number of hydrogen-bond donors (Lipinski definition) is 2. The molecule has 1 amide bonds. The van der Waals surface area contributed by atoms with Gasteiger partial charge in [0, 0.05) is 16.1 Å². The number of rotatable bonds is 6. The molecule has 3 rings (SSSR count). The summed E-state index contributed by atoms with van der Waals surface area (Å²) in [5.74, 6) is 0.389. The molecule has 0 unspecified atom stereocenters. The molecule has 0 atom stereocenters. The molecule has 2 N–H and O–H groups in total. The molecular formula is C21H19BrN2O3. The molecule has 5 nitrogen and oxygen atoms in total. The summed E-state index contributed by atoms with van der Waals surface area (Å²) in [6.07, 6.45) is 1.61. The lowest BCUT2D eigenvalue weighted by Gasteiger charge is -2.07. The third kappa shape index (κ3) is 4.65. The Kier molecular flexibility index (Phi) is 6.08. The maximum absolute atomic E-state index is 12.2. The average molecular weight is 427 g/mol. The maximum Gasteiger partial charge on any atom is 0.244 e. The van der Waals surface area contributed by atoms with Gasteiger partial charge in [-0.15, -0.1) is 0 Å². The van der Waals surface area contributed by atoms with Crippen molar-refractivity contribution in [3.8, 4) is 11.5 Å². The lowest BCUT2D eigenvalue weighted by molar-refractivity contribution is -0.120. The fourth-order valence-electron chi connectivity index (χ4n) is 2.75. The van der Waals surface area contributed by atoms with Gasteiger partial charge in [0.25, 0.3) is 0 Å². The van der Waals surface area contributed by atoms with Crippen LogP contribution < -0.4 is 10.2 Å². The van der Waals surface area contributed by atoms with Crippen LogP contribution in [-0.4, -0.2) is 23.8 Å². The zero-order chi connectivity index (χ0) is 19.2. The number of phenols is 1. The Balaban J connectivity index is 1.67. The smallest absolute Gasteiger partial charge is 0.244 e. The molecule has 0 aromatic heterocycles. The normalized spacial score (nSPS) is 11.0. The van der Waals surface area contributed by atoms with Gasteiger partial charge in [0.15, 0.2) is 0 Å². The molecule has 3 aromatic rings. The predicted octanol–water partition coefficient (Wildman–Crippen LogP) is 4.40. The highest BCUT2D eigenvalue weighted by Gasteiger charge is 2.08. The summed E-state index contributed by atoms with van der Waals surface area (Å²) in [5.41, 5.74) is 3.92.